The number of Topliss-reactive ketones (excluding diaryl/α,β-unsaturated/α-hetero) is 1. The molecule has 1 rings (SSSR count). The maximum absolute atomic E-state index is 11.8. The number of aliphatic hydroxyl groups is 2. The number of aliphatic imine (C=N–C) groups is 1. The Morgan fingerprint density at radius 3 is 2.71 bits per heavy atom. The van der Waals surface area contributed by atoms with E-state index in [1.807, 2.05) is 6.92 Å². The van der Waals surface area contributed by atoms with Crippen LogP contribution in [0.3, 0.4) is 0 Å². The number of hydrogen-bond donors (Lipinski definition) is 2. The van der Waals surface area contributed by atoms with Crippen LogP contribution in [-0.4, -0.2) is 46.6 Å². The first kappa shape index (κ1) is 14.2. The molecule has 1 unspecified atom stereocenters. The van der Waals surface area contributed by atoms with Gasteiger partial charge >= 0.3 is 0 Å². The van der Waals surface area contributed by atoms with Crippen molar-refractivity contribution < 1.29 is 15.0 Å². The van der Waals surface area contributed by atoms with Crippen LogP contribution in [0.5, 0.6) is 0 Å². The Kier molecular flexibility index (Phi) is 5.11. The molecule has 1 aliphatic heterocycles. The Bertz CT molecular complexity index is 366. The molecule has 0 amide bonds. The van der Waals surface area contributed by atoms with Crippen molar-refractivity contribution >= 4 is 23.2 Å². The lowest BCUT2D eigenvalue weighted by Gasteiger charge is -2.23. The van der Waals surface area contributed by atoms with Crippen molar-refractivity contribution in [2.45, 2.75) is 32.4 Å². The molecule has 0 bridgehead atoms. The van der Waals surface area contributed by atoms with Crippen molar-refractivity contribution in [3.05, 3.63) is 10.7 Å². The van der Waals surface area contributed by atoms with Crippen LogP contribution in [0.25, 0.3) is 0 Å². The van der Waals surface area contributed by atoms with E-state index in [2.05, 4.69) is 4.99 Å². The third-order valence-electron chi connectivity index (χ3n) is 2.77. The monoisotopic (exact) mass is 260 g/mol. The molecular weight excluding hydrogens is 244 g/mol. The summed E-state index contributed by atoms with van der Waals surface area (Å²) >= 11 is 6.01. The Hall–Kier alpha value is -0.910. The number of likely N-dealkylation sites (N-methyl/N-ethyl adjacent to an activating group) is 1. The van der Waals surface area contributed by atoms with E-state index in [1.165, 1.54) is 11.9 Å². The fraction of sp³-hybridized carbons (Fsp3) is 0.636. The summed E-state index contributed by atoms with van der Waals surface area (Å²) in [6.07, 6.45) is 0.505. The predicted molar refractivity (Wildman–Crippen MR) is 65.7 cm³/mol. The second kappa shape index (κ2) is 6.14. The number of aliphatic hydroxyl groups excluding tert-OH is 2. The van der Waals surface area contributed by atoms with Crippen molar-refractivity contribution in [2.75, 3.05) is 13.7 Å². The summed E-state index contributed by atoms with van der Waals surface area (Å²) in [5, 5.41) is 18.6. The molecule has 1 heterocycles. The molecule has 0 aromatic rings. The van der Waals surface area contributed by atoms with E-state index in [0.29, 0.717) is 18.0 Å². The quantitative estimate of drug-likeness (QED) is 0.583. The topological polar surface area (TPSA) is 73.1 Å². The molecule has 6 heteroatoms. The minimum absolute atomic E-state index is 0.0972. The van der Waals surface area contributed by atoms with Gasteiger partial charge in [-0.2, -0.15) is 0 Å². The lowest BCUT2D eigenvalue weighted by atomic mass is 10.1. The van der Waals surface area contributed by atoms with E-state index in [4.69, 9.17) is 16.7 Å². The predicted octanol–water partition coefficient (Wildman–Crippen LogP) is 0.851. The molecule has 0 saturated carbocycles. The van der Waals surface area contributed by atoms with Crippen LogP contribution >= 0.6 is 11.6 Å². The summed E-state index contributed by atoms with van der Waals surface area (Å²) in [5.74, 6) is -0.0819. The van der Waals surface area contributed by atoms with Gasteiger partial charge in [0.1, 0.15) is 5.16 Å². The molecule has 17 heavy (non-hydrogen) atoms. The molecule has 0 aliphatic carbocycles. The molecule has 0 saturated heterocycles. The van der Waals surface area contributed by atoms with Gasteiger partial charge in [0.15, 0.2) is 17.8 Å². The molecule has 96 valence electrons. The molecule has 0 aromatic heterocycles. The van der Waals surface area contributed by atoms with Gasteiger partial charge in [-0.15, -0.1) is 0 Å². The Morgan fingerprint density at radius 2 is 2.18 bits per heavy atom. The highest BCUT2D eigenvalue weighted by Gasteiger charge is 2.24. The van der Waals surface area contributed by atoms with Crippen molar-refractivity contribution in [3.63, 3.8) is 0 Å². The van der Waals surface area contributed by atoms with E-state index < -0.39 is 12.8 Å². The smallest absolute Gasteiger partial charge is 0.198 e. The zero-order valence-electron chi connectivity index (χ0n) is 9.98. The zero-order valence-corrected chi connectivity index (χ0v) is 10.7. The van der Waals surface area contributed by atoms with Crippen LogP contribution < -0.4 is 0 Å². The van der Waals surface area contributed by atoms with Crippen molar-refractivity contribution in [3.8, 4) is 0 Å². The summed E-state index contributed by atoms with van der Waals surface area (Å²) in [4.78, 5) is 17.1. The van der Waals surface area contributed by atoms with Crippen LogP contribution in [0.15, 0.2) is 15.7 Å². The average Bonchev–Trinajstić information content (AvgIpc) is 2.47. The molecular formula is C11H17ClN2O3. The highest BCUT2D eigenvalue weighted by molar-refractivity contribution is 6.41. The fourth-order valence-electron chi connectivity index (χ4n) is 1.58. The maximum Gasteiger partial charge on any atom is 0.198 e. The van der Waals surface area contributed by atoms with Gasteiger partial charge < -0.3 is 15.1 Å². The van der Waals surface area contributed by atoms with E-state index in [-0.39, 0.29) is 11.6 Å². The van der Waals surface area contributed by atoms with Gasteiger partial charge in [0.05, 0.1) is 6.61 Å². The number of amidine groups is 1. The summed E-state index contributed by atoms with van der Waals surface area (Å²) in [5.41, 5.74) is 0.932. The van der Waals surface area contributed by atoms with Gasteiger partial charge in [0, 0.05) is 13.5 Å². The first-order valence-electron chi connectivity index (χ1n) is 5.52. The number of hydrogen-bond acceptors (Lipinski definition) is 5. The largest absolute Gasteiger partial charge is 0.392 e. The lowest BCUT2D eigenvalue weighted by molar-refractivity contribution is -0.114. The van der Waals surface area contributed by atoms with Gasteiger partial charge in [0.2, 0.25) is 0 Å². The number of ketones is 1. The second-order valence-electron chi connectivity index (χ2n) is 3.88. The van der Waals surface area contributed by atoms with Crippen molar-refractivity contribution in [2.24, 2.45) is 4.99 Å². The van der Waals surface area contributed by atoms with Gasteiger partial charge in [-0.05, 0) is 18.4 Å². The molecule has 0 radical (unpaired) electrons. The number of allylic oxidation sites excluding steroid dienone is 1. The van der Waals surface area contributed by atoms with Crippen LogP contribution in [0.2, 0.25) is 0 Å². The minimum atomic E-state index is -1.15. The third-order valence-corrected chi connectivity index (χ3v) is 3.12. The van der Waals surface area contributed by atoms with E-state index >= 15 is 0 Å². The Morgan fingerprint density at radius 1 is 1.53 bits per heavy atom. The summed E-state index contributed by atoms with van der Waals surface area (Å²) in [6, 6.07) is 0. The van der Waals surface area contributed by atoms with Crippen LogP contribution in [0.1, 0.15) is 26.2 Å². The molecule has 1 atom stereocenters. The first-order valence-corrected chi connectivity index (χ1v) is 5.90. The number of rotatable bonds is 3. The second-order valence-corrected chi connectivity index (χ2v) is 4.24. The molecule has 2 N–H and O–H groups in total. The normalized spacial score (nSPS) is 18.9. The van der Waals surface area contributed by atoms with Crippen LogP contribution in [0.4, 0.5) is 0 Å². The minimum Gasteiger partial charge on any atom is -0.392 e. The SMILES string of the molecule is CCC1=C(Cl)N=C(N(C)C(O)CO)C(=O)CC1. The summed E-state index contributed by atoms with van der Waals surface area (Å²) < 4.78 is 0. The number of nitrogens with zero attached hydrogens (tertiary/aromatic N) is 2. The van der Waals surface area contributed by atoms with E-state index in [0.717, 1.165) is 12.0 Å². The first-order chi connectivity index (χ1) is 8.01. The molecule has 0 fully saturated rings. The summed E-state index contributed by atoms with van der Waals surface area (Å²) in [7, 11) is 1.50. The number of carbonyl (C=O) groups is 1. The summed E-state index contributed by atoms with van der Waals surface area (Å²) in [6.45, 7) is 1.49. The molecule has 1 aliphatic rings. The molecule has 5 nitrogen and oxygen atoms in total. The Labute approximate surface area is 105 Å². The molecule has 0 spiro atoms. The van der Waals surface area contributed by atoms with Crippen molar-refractivity contribution in [1.82, 2.24) is 4.90 Å². The van der Waals surface area contributed by atoms with Gasteiger partial charge in [-0.1, -0.05) is 18.5 Å². The number of halogens is 1. The highest BCUT2D eigenvalue weighted by atomic mass is 35.5. The van der Waals surface area contributed by atoms with Crippen LogP contribution in [0, 0.1) is 0 Å². The van der Waals surface area contributed by atoms with E-state index in [1.54, 1.807) is 0 Å². The standard InChI is InChI=1S/C11H17ClN2O3/c1-3-7-4-5-8(16)11(13-10(7)12)14(2)9(17)6-15/h9,15,17H,3-6H2,1-2H3. The average molecular weight is 261 g/mol. The highest BCUT2D eigenvalue weighted by Crippen LogP contribution is 2.23. The van der Waals surface area contributed by atoms with Gasteiger partial charge in [-0.25, -0.2) is 4.99 Å². The fourth-order valence-corrected chi connectivity index (χ4v) is 1.88. The lowest BCUT2D eigenvalue weighted by Crippen LogP contribution is -2.42. The third kappa shape index (κ3) is 3.28. The zero-order chi connectivity index (χ0) is 13.0. The Balaban J connectivity index is 3.03. The maximum atomic E-state index is 11.8. The van der Waals surface area contributed by atoms with Gasteiger partial charge in [-0.3, -0.25) is 4.79 Å². The number of carbonyl (C=O) groups excluding carboxylic acids is 1. The van der Waals surface area contributed by atoms with E-state index in [9.17, 15) is 9.90 Å². The van der Waals surface area contributed by atoms with Crippen molar-refractivity contribution in [1.29, 1.82) is 0 Å². The van der Waals surface area contributed by atoms with Gasteiger partial charge in [0.25, 0.3) is 0 Å². The van der Waals surface area contributed by atoms with Crippen LogP contribution in [-0.2, 0) is 4.79 Å². The molecule has 0 aromatic carbocycles.